The number of amides is 2. The highest BCUT2D eigenvalue weighted by Gasteiger charge is 2.19. The third-order valence-corrected chi connectivity index (χ3v) is 5.72. The second-order valence-corrected chi connectivity index (χ2v) is 8.87. The van der Waals surface area contributed by atoms with Crippen molar-refractivity contribution in [1.82, 2.24) is 87.2 Å². The van der Waals surface area contributed by atoms with Gasteiger partial charge in [0.1, 0.15) is 0 Å². The number of nitrogens with zero attached hydrogens (tertiary/aromatic N) is 12. The second kappa shape index (κ2) is 18.3. The molecule has 0 aliphatic carbocycles. The van der Waals surface area contributed by atoms with Crippen LogP contribution in [0.15, 0.2) is 0 Å². The molecule has 0 unspecified atom stereocenters. The van der Waals surface area contributed by atoms with Crippen LogP contribution in [0.1, 0.15) is 17.5 Å². The van der Waals surface area contributed by atoms with E-state index >= 15 is 0 Å². The first-order chi connectivity index (χ1) is 20.1. The number of nitrogens with one attached hydrogen (secondary N) is 5. The van der Waals surface area contributed by atoms with Gasteiger partial charge in [0.25, 0.3) is 0 Å². The molecule has 0 saturated carbocycles. The highest BCUT2D eigenvalue weighted by molar-refractivity contribution is 5.78. The van der Waals surface area contributed by atoms with Gasteiger partial charge in [0.15, 0.2) is 17.5 Å². The van der Waals surface area contributed by atoms with Crippen LogP contribution < -0.4 is 10.6 Å². The fraction of sp³-hybridized carbons (Fsp3) is 0.750. The van der Waals surface area contributed by atoms with Gasteiger partial charge in [-0.25, -0.2) is 0 Å². The number of ether oxygens (including phenoxy) is 2. The molecule has 0 aliphatic heterocycles. The van der Waals surface area contributed by atoms with Crippen LogP contribution >= 0.6 is 0 Å². The van der Waals surface area contributed by atoms with Crippen molar-refractivity contribution < 1.29 is 19.1 Å². The van der Waals surface area contributed by atoms with E-state index in [1.165, 1.54) is 0 Å². The monoisotopic (exact) mass is 579 g/mol. The highest BCUT2D eigenvalue weighted by Crippen LogP contribution is 2.04. The van der Waals surface area contributed by atoms with Crippen LogP contribution in [0.25, 0.3) is 0 Å². The van der Waals surface area contributed by atoms with Gasteiger partial charge in [0.2, 0.25) is 11.8 Å². The SMILES string of the molecule is COCCNC(=O)CN(CCN(CCN(CC(=O)NCCOC)Cc1nn[nH]n1)Cc1nn[nH]n1)Cc1nn[nH]n1. The summed E-state index contributed by atoms with van der Waals surface area (Å²) in [6.45, 7) is 4.98. The molecule has 0 spiro atoms. The predicted molar refractivity (Wildman–Crippen MR) is 138 cm³/mol. The summed E-state index contributed by atoms with van der Waals surface area (Å²) in [4.78, 5) is 31.0. The van der Waals surface area contributed by atoms with Crippen molar-refractivity contribution in [2.45, 2.75) is 19.6 Å². The minimum absolute atomic E-state index is 0.125. The van der Waals surface area contributed by atoms with Crippen LogP contribution in [0.3, 0.4) is 0 Å². The maximum absolute atomic E-state index is 12.5. The van der Waals surface area contributed by atoms with Gasteiger partial charge >= 0.3 is 0 Å². The van der Waals surface area contributed by atoms with E-state index in [0.717, 1.165) is 0 Å². The summed E-state index contributed by atoms with van der Waals surface area (Å²) < 4.78 is 10.0. The molecule has 21 nitrogen and oxygen atoms in total. The maximum Gasteiger partial charge on any atom is 0.234 e. The number of carbonyl (C=O) groups is 2. The maximum atomic E-state index is 12.5. The fourth-order valence-electron chi connectivity index (χ4n) is 3.72. The van der Waals surface area contributed by atoms with Crippen LogP contribution in [0.2, 0.25) is 0 Å². The molecule has 3 aromatic rings. The van der Waals surface area contributed by atoms with Crippen LogP contribution in [0, 0.1) is 0 Å². The minimum Gasteiger partial charge on any atom is -0.383 e. The van der Waals surface area contributed by atoms with Crippen molar-refractivity contribution in [3.05, 3.63) is 17.5 Å². The van der Waals surface area contributed by atoms with E-state index in [1.807, 2.05) is 9.80 Å². The van der Waals surface area contributed by atoms with E-state index in [9.17, 15) is 9.59 Å². The number of carbonyl (C=O) groups excluding carboxylic acids is 2. The zero-order valence-corrected chi connectivity index (χ0v) is 23.2. The Morgan fingerprint density at radius 1 is 0.634 bits per heavy atom. The topological polar surface area (TPSA) is 250 Å². The number of methoxy groups -OCH3 is 2. The third kappa shape index (κ3) is 12.8. The molecule has 5 N–H and O–H groups in total. The van der Waals surface area contributed by atoms with Crippen LogP contribution in [-0.2, 0) is 38.7 Å². The molecule has 2 amide bonds. The summed E-state index contributed by atoms with van der Waals surface area (Å²) in [5.74, 6) is 1.13. The summed E-state index contributed by atoms with van der Waals surface area (Å²) in [6.07, 6.45) is 0. The Balaban J connectivity index is 1.63. The first kappa shape index (κ1) is 31.5. The molecule has 21 heteroatoms. The highest BCUT2D eigenvalue weighted by atomic mass is 16.5. The van der Waals surface area contributed by atoms with Gasteiger partial charge in [0, 0.05) is 53.5 Å². The lowest BCUT2D eigenvalue weighted by Crippen LogP contribution is -2.44. The molecule has 0 saturated heterocycles. The molecule has 0 atom stereocenters. The van der Waals surface area contributed by atoms with Gasteiger partial charge < -0.3 is 20.1 Å². The van der Waals surface area contributed by atoms with E-state index in [4.69, 9.17) is 9.47 Å². The quantitative estimate of drug-likeness (QED) is 0.0704. The lowest BCUT2D eigenvalue weighted by Gasteiger charge is -2.28. The molecule has 0 radical (unpaired) electrons. The Morgan fingerprint density at radius 3 is 1.34 bits per heavy atom. The number of hydrogen-bond acceptors (Lipinski definition) is 16. The van der Waals surface area contributed by atoms with E-state index in [-0.39, 0.29) is 24.9 Å². The zero-order valence-electron chi connectivity index (χ0n) is 23.2. The van der Waals surface area contributed by atoms with Crippen molar-refractivity contribution >= 4 is 11.8 Å². The number of tetrazole rings is 3. The Hall–Kier alpha value is -4.05. The van der Waals surface area contributed by atoms with Crippen LogP contribution in [-0.4, -0.2) is 168 Å². The largest absolute Gasteiger partial charge is 0.383 e. The molecule has 0 bridgehead atoms. The first-order valence-corrected chi connectivity index (χ1v) is 12.9. The molecule has 0 aromatic carbocycles. The van der Waals surface area contributed by atoms with E-state index < -0.39 is 0 Å². The zero-order chi connectivity index (χ0) is 29.1. The number of H-pyrrole nitrogens is 3. The summed E-state index contributed by atoms with van der Waals surface area (Å²) in [5, 5.41) is 48.1. The first-order valence-electron chi connectivity index (χ1n) is 12.9. The van der Waals surface area contributed by atoms with Crippen molar-refractivity contribution in [2.24, 2.45) is 0 Å². The van der Waals surface area contributed by atoms with Gasteiger partial charge in [-0.3, -0.25) is 24.3 Å². The molecule has 3 aromatic heterocycles. The van der Waals surface area contributed by atoms with E-state index in [0.29, 0.717) is 89.6 Å². The lowest BCUT2D eigenvalue weighted by molar-refractivity contribution is -0.123. The standard InChI is InChI=1S/C20H37N17O4/c1-40-9-3-21-19(38)14-36(12-17-25-31-32-26-17)7-5-35(11-16-23-29-30-24-16)6-8-37(13-18-27-33-34-28-18)15-20(39)22-4-10-41-2/h3-15H2,1-2H3,(H,21,38)(H,22,39)(H,23,24,29,30)(H,25,26,31,32)(H,27,28,33,34). The van der Waals surface area contributed by atoms with Crippen molar-refractivity contribution in [1.29, 1.82) is 0 Å². The number of rotatable bonds is 22. The van der Waals surface area contributed by atoms with Crippen molar-refractivity contribution in [2.75, 3.05) is 79.8 Å². The third-order valence-electron chi connectivity index (χ3n) is 5.72. The molecule has 226 valence electrons. The fourth-order valence-corrected chi connectivity index (χ4v) is 3.72. The molecule has 41 heavy (non-hydrogen) atoms. The molecule has 0 fully saturated rings. The van der Waals surface area contributed by atoms with Gasteiger partial charge in [-0.15, -0.1) is 30.6 Å². The van der Waals surface area contributed by atoms with Gasteiger partial charge in [-0.05, 0) is 0 Å². The average Bonchev–Trinajstić information content (AvgIpc) is 3.75. The Bertz CT molecular complexity index is 1010. The van der Waals surface area contributed by atoms with Gasteiger partial charge in [-0.2, -0.15) is 15.6 Å². The molecular weight excluding hydrogens is 542 g/mol. The number of aromatic nitrogens is 12. The van der Waals surface area contributed by atoms with Gasteiger partial charge in [-0.1, -0.05) is 15.6 Å². The van der Waals surface area contributed by atoms with E-state index in [1.54, 1.807) is 14.2 Å². The number of hydrogen-bond donors (Lipinski definition) is 5. The van der Waals surface area contributed by atoms with E-state index in [2.05, 4.69) is 77.4 Å². The van der Waals surface area contributed by atoms with Crippen molar-refractivity contribution in [3.63, 3.8) is 0 Å². The van der Waals surface area contributed by atoms with Crippen molar-refractivity contribution in [3.8, 4) is 0 Å². The molecule has 3 heterocycles. The summed E-state index contributed by atoms with van der Waals surface area (Å²) in [5.41, 5.74) is 0. The Labute approximate surface area is 235 Å². The van der Waals surface area contributed by atoms with Crippen LogP contribution in [0.5, 0.6) is 0 Å². The minimum atomic E-state index is -0.152. The predicted octanol–water partition coefficient (Wildman–Crippen LogP) is -4.44. The normalized spacial score (nSPS) is 11.5. The molecular formula is C20H37N17O4. The van der Waals surface area contributed by atoms with Gasteiger partial charge in [0.05, 0.1) is 45.9 Å². The molecule has 0 aliphatic rings. The summed E-state index contributed by atoms with van der Waals surface area (Å²) in [6, 6.07) is 0. The Morgan fingerprint density at radius 2 is 1.00 bits per heavy atom. The average molecular weight is 580 g/mol. The smallest absolute Gasteiger partial charge is 0.234 e. The molecule has 3 rings (SSSR count). The summed E-state index contributed by atoms with van der Waals surface area (Å²) >= 11 is 0. The lowest BCUT2D eigenvalue weighted by atomic mass is 10.3. The Kier molecular flexibility index (Phi) is 14.1. The summed E-state index contributed by atoms with van der Waals surface area (Å²) in [7, 11) is 3.15. The second-order valence-electron chi connectivity index (χ2n) is 8.87. The number of aromatic amines is 3. The van der Waals surface area contributed by atoms with Crippen LogP contribution in [0.4, 0.5) is 0 Å².